The summed E-state index contributed by atoms with van der Waals surface area (Å²) in [7, 11) is 3.14. The van der Waals surface area contributed by atoms with Crippen LogP contribution in [0.3, 0.4) is 0 Å². The van der Waals surface area contributed by atoms with E-state index in [-0.39, 0.29) is 25.0 Å². The summed E-state index contributed by atoms with van der Waals surface area (Å²) in [5.41, 5.74) is 3.07. The highest BCUT2D eigenvalue weighted by atomic mass is 32.2. The smallest absolute Gasteiger partial charge is 0.338 e. The first-order valence-electron chi connectivity index (χ1n) is 13.3. The number of benzene rings is 2. The summed E-state index contributed by atoms with van der Waals surface area (Å²) in [5, 5.41) is 5.58. The molecular formula is C30H33N3O6S. The van der Waals surface area contributed by atoms with Crippen molar-refractivity contribution in [2.75, 3.05) is 34.0 Å². The number of esters is 1. The Bertz CT molecular complexity index is 1350. The van der Waals surface area contributed by atoms with Gasteiger partial charge >= 0.3 is 5.97 Å². The standard InChI is InChI=1S/C30H33N3O6S/c1-4-38-29(35)25-26(19-10-6-5-7-11-19)32-30-33(27(25)22-13-8-14-23(36-2)28(22)37-3)20(18-40-30)16-24(34)31-17-21-12-9-15-39-21/h5-8,10-11,13-14,18,21,27H,4,9,12,15-17H2,1-3H3,(H,31,34)/t21-,27-/m1/s1. The average molecular weight is 564 g/mol. The number of hydrogen-bond donors (Lipinski definition) is 1. The number of fused-ring (bicyclic) bond motifs is 1. The van der Waals surface area contributed by atoms with Crippen LogP contribution in [0, 0.1) is 0 Å². The number of rotatable bonds is 10. The normalized spacial score (nSPS) is 20.0. The topological polar surface area (TPSA) is 98.7 Å². The van der Waals surface area contributed by atoms with Gasteiger partial charge in [0.15, 0.2) is 16.7 Å². The summed E-state index contributed by atoms with van der Waals surface area (Å²) < 4.78 is 22.7. The minimum Gasteiger partial charge on any atom is -0.493 e. The molecule has 0 unspecified atom stereocenters. The van der Waals surface area contributed by atoms with Crippen molar-refractivity contribution in [3.63, 3.8) is 0 Å². The number of thioether (sulfide) groups is 1. The van der Waals surface area contributed by atoms with Crippen LogP contribution >= 0.6 is 11.8 Å². The number of carbonyl (C=O) groups is 2. The Balaban J connectivity index is 1.59. The number of carbonyl (C=O) groups excluding carboxylic acids is 2. The second-order valence-corrected chi connectivity index (χ2v) is 10.3. The van der Waals surface area contributed by atoms with E-state index in [4.69, 9.17) is 23.9 Å². The summed E-state index contributed by atoms with van der Waals surface area (Å²) in [6.07, 6.45) is 2.10. The number of para-hydroxylation sites is 1. The first kappa shape index (κ1) is 27.8. The summed E-state index contributed by atoms with van der Waals surface area (Å²) in [5.74, 6) is 0.401. The Hall–Kier alpha value is -3.76. The number of methoxy groups -OCH3 is 2. The van der Waals surface area contributed by atoms with E-state index in [1.54, 1.807) is 27.2 Å². The third-order valence-electron chi connectivity index (χ3n) is 6.97. The van der Waals surface area contributed by atoms with Gasteiger partial charge in [0.2, 0.25) is 5.91 Å². The van der Waals surface area contributed by atoms with E-state index in [0.717, 1.165) is 30.7 Å². The van der Waals surface area contributed by atoms with Crippen molar-refractivity contribution in [1.82, 2.24) is 10.2 Å². The molecule has 0 spiro atoms. The van der Waals surface area contributed by atoms with Crippen molar-refractivity contribution in [1.29, 1.82) is 0 Å². The molecule has 3 heterocycles. The van der Waals surface area contributed by atoms with Crippen molar-refractivity contribution in [2.45, 2.75) is 38.3 Å². The molecule has 10 heteroatoms. The molecule has 3 aliphatic rings. The van der Waals surface area contributed by atoms with Gasteiger partial charge in [-0.25, -0.2) is 9.79 Å². The van der Waals surface area contributed by atoms with Gasteiger partial charge in [-0.1, -0.05) is 54.2 Å². The lowest BCUT2D eigenvalue weighted by molar-refractivity contribution is -0.139. The first-order valence-corrected chi connectivity index (χ1v) is 14.2. The molecule has 1 saturated heterocycles. The molecule has 0 radical (unpaired) electrons. The quantitative estimate of drug-likeness (QED) is 0.417. The van der Waals surface area contributed by atoms with Crippen molar-refractivity contribution >= 4 is 34.5 Å². The number of amidine groups is 1. The molecule has 2 aromatic rings. The van der Waals surface area contributed by atoms with Crippen LogP contribution in [0.4, 0.5) is 0 Å². The van der Waals surface area contributed by atoms with E-state index in [0.29, 0.717) is 40.0 Å². The molecule has 2 aromatic carbocycles. The Kier molecular flexibility index (Phi) is 8.76. The third-order valence-corrected chi connectivity index (χ3v) is 7.86. The highest BCUT2D eigenvalue weighted by Crippen LogP contribution is 2.50. The van der Waals surface area contributed by atoms with Crippen LogP contribution in [0.15, 0.2) is 70.2 Å². The number of hydrogen-bond acceptors (Lipinski definition) is 9. The third kappa shape index (κ3) is 5.59. The maximum Gasteiger partial charge on any atom is 0.338 e. The number of nitrogens with one attached hydrogen (secondary N) is 1. The van der Waals surface area contributed by atoms with Crippen LogP contribution in [0.1, 0.15) is 43.4 Å². The number of aliphatic imine (C=N–C) groups is 1. The van der Waals surface area contributed by atoms with Crippen LogP contribution < -0.4 is 14.8 Å². The molecule has 0 saturated carbocycles. The maximum atomic E-state index is 13.7. The van der Waals surface area contributed by atoms with Gasteiger partial charge in [0.25, 0.3) is 0 Å². The molecule has 1 amide bonds. The number of nitrogens with zero attached hydrogens (tertiary/aromatic N) is 2. The second-order valence-electron chi connectivity index (χ2n) is 9.44. The highest BCUT2D eigenvalue weighted by molar-refractivity contribution is 8.16. The van der Waals surface area contributed by atoms with E-state index in [1.165, 1.54) is 11.8 Å². The summed E-state index contributed by atoms with van der Waals surface area (Å²) >= 11 is 1.42. The van der Waals surface area contributed by atoms with Crippen molar-refractivity contribution in [2.24, 2.45) is 4.99 Å². The molecule has 210 valence electrons. The van der Waals surface area contributed by atoms with Gasteiger partial charge < -0.3 is 29.2 Å². The van der Waals surface area contributed by atoms with Crippen LogP contribution in [-0.2, 0) is 19.1 Å². The predicted molar refractivity (Wildman–Crippen MR) is 154 cm³/mol. The molecule has 3 aliphatic heterocycles. The minimum absolute atomic E-state index is 0.0450. The highest BCUT2D eigenvalue weighted by Gasteiger charge is 2.44. The van der Waals surface area contributed by atoms with E-state index in [2.05, 4.69) is 5.32 Å². The van der Waals surface area contributed by atoms with Crippen LogP contribution in [0.2, 0.25) is 0 Å². The van der Waals surface area contributed by atoms with Crippen molar-refractivity contribution in [3.05, 3.63) is 76.3 Å². The van der Waals surface area contributed by atoms with Gasteiger partial charge in [0, 0.05) is 30.0 Å². The zero-order valence-electron chi connectivity index (χ0n) is 22.8. The zero-order valence-corrected chi connectivity index (χ0v) is 23.7. The lowest BCUT2D eigenvalue weighted by atomic mass is 9.90. The molecule has 0 bridgehead atoms. The average Bonchev–Trinajstić information content (AvgIpc) is 3.65. The molecule has 2 atom stereocenters. The zero-order chi connectivity index (χ0) is 28.1. The Labute approximate surface area is 238 Å². The fourth-order valence-electron chi connectivity index (χ4n) is 5.17. The fraction of sp³-hybridized carbons (Fsp3) is 0.367. The molecule has 0 aliphatic carbocycles. The molecule has 9 nitrogen and oxygen atoms in total. The van der Waals surface area contributed by atoms with Crippen LogP contribution in [0.5, 0.6) is 11.5 Å². The Morgan fingerprint density at radius 3 is 2.65 bits per heavy atom. The lowest BCUT2D eigenvalue weighted by Gasteiger charge is -2.37. The SMILES string of the molecule is CCOC(=O)C1=C(c2ccccc2)N=C2SC=C(CC(=O)NC[C@H]3CCCO3)N2[C@@H]1c1cccc(OC)c1OC. The Morgan fingerprint density at radius 1 is 1.12 bits per heavy atom. The van der Waals surface area contributed by atoms with Gasteiger partial charge in [-0.2, -0.15) is 0 Å². The van der Waals surface area contributed by atoms with Crippen molar-refractivity contribution in [3.8, 4) is 11.5 Å². The fourth-order valence-corrected chi connectivity index (χ4v) is 6.09. The summed E-state index contributed by atoms with van der Waals surface area (Å²) in [6.45, 7) is 3.17. The van der Waals surface area contributed by atoms with E-state index in [9.17, 15) is 9.59 Å². The monoisotopic (exact) mass is 563 g/mol. The van der Waals surface area contributed by atoms with Crippen LogP contribution in [0.25, 0.3) is 5.70 Å². The lowest BCUT2D eigenvalue weighted by Crippen LogP contribution is -2.39. The molecule has 0 aromatic heterocycles. The van der Waals surface area contributed by atoms with Gasteiger partial charge in [-0.05, 0) is 31.2 Å². The Morgan fingerprint density at radius 2 is 1.95 bits per heavy atom. The van der Waals surface area contributed by atoms with E-state index in [1.807, 2.05) is 52.8 Å². The molecular weight excluding hydrogens is 530 g/mol. The van der Waals surface area contributed by atoms with Gasteiger partial charge in [0.05, 0.1) is 50.7 Å². The van der Waals surface area contributed by atoms with Crippen LogP contribution in [-0.4, -0.2) is 62.0 Å². The molecule has 1 fully saturated rings. The van der Waals surface area contributed by atoms with E-state index < -0.39 is 12.0 Å². The summed E-state index contributed by atoms with van der Waals surface area (Å²) in [4.78, 5) is 33.7. The minimum atomic E-state index is -0.681. The predicted octanol–water partition coefficient (Wildman–Crippen LogP) is 4.66. The molecule has 40 heavy (non-hydrogen) atoms. The molecule has 5 rings (SSSR count). The van der Waals surface area contributed by atoms with Crippen molar-refractivity contribution < 1.29 is 28.5 Å². The first-order chi connectivity index (χ1) is 19.5. The number of amides is 1. The van der Waals surface area contributed by atoms with Gasteiger partial charge in [0.1, 0.15) is 0 Å². The van der Waals surface area contributed by atoms with Gasteiger partial charge in [-0.15, -0.1) is 0 Å². The number of ether oxygens (including phenoxy) is 4. The van der Waals surface area contributed by atoms with Gasteiger partial charge in [-0.3, -0.25) is 4.79 Å². The molecule has 1 N–H and O–H groups in total. The van der Waals surface area contributed by atoms with E-state index >= 15 is 0 Å². The maximum absolute atomic E-state index is 13.7. The second kappa shape index (κ2) is 12.6. The summed E-state index contributed by atoms with van der Waals surface area (Å²) in [6, 6.07) is 14.4. The largest absolute Gasteiger partial charge is 0.493 e.